The standard InChI is InChI=1S/C18H31N3O4S/c1-2-3-4-5-6-7-13-25-14-9-12-20-18(22)21-16-10-8-11-17(15-16)26(19,23)24/h8,10-11,15H,2-7,9,12-14H2,1H3,(H2,19,23,24)(H2,20,21,22). The highest BCUT2D eigenvalue weighted by Gasteiger charge is 2.09. The van der Waals surface area contributed by atoms with Gasteiger partial charge in [0.1, 0.15) is 0 Å². The van der Waals surface area contributed by atoms with Gasteiger partial charge in [0, 0.05) is 25.4 Å². The number of carbonyl (C=O) groups is 1. The summed E-state index contributed by atoms with van der Waals surface area (Å²) >= 11 is 0. The monoisotopic (exact) mass is 385 g/mol. The van der Waals surface area contributed by atoms with E-state index >= 15 is 0 Å². The van der Waals surface area contributed by atoms with Crippen LogP contribution in [-0.4, -0.2) is 34.2 Å². The van der Waals surface area contributed by atoms with Crippen LogP contribution >= 0.6 is 0 Å². The molecule has 0 aliphatic carbocycles. The molecule has 7 nitrogen and oxygen atoms in total. The summed E-state index contributed by atoms with van der Waals surface area (Å²) in [5.41, 5.74) is 0.369. The minimum Gasteiger partial charge on any atom is -0.381 e. The van der Waals surface area contributed by atoms with Gasteiger partial charge in [-0.15, -0.1) is 0 Å². The van der Waals surface area contributed by atoms with Crippen LogP contribution in [0, 0.1) is 0 Å². The zero-order valence-electron chi connectivity index (χ0n) is 15.5. The zero-order chi connectivity index (χ0) is 19.3. The van der Waals surface area contributed by atoms with E-state index in [1.807, 2.05) is 0 Å². The van der Waals surface area contributed by atoms with Crippen molar-refractivity contribution in [2.45, 2.75) is 56.8 Å². The van der Waals surface area contributed by atoms with Crippen molar-refractivity contribution in [3.8, 4) is 0 Å². The molecule has 0 fully saturated rings. The maximum atomic E-state index is 11.8. The second-order valence-corrected chi connectivity index (χ2v) is 7.75. The van der Waals surface area contributed by atoms with E-state index in [2.05, 4.69) is 17.6 Å². The van der Waals surface area contributed by atoms with Gasteiger partial charge in [0.05, 0.1) is 4.90 Å². The van der Waals surface area contributed by atoms with E-state index in [9.17, 15) is 13.2 Å². The van der Waals surface area contributed by atoms with Gasteiger partial charge in [-0.2, -0.15) is 0 Å². The summed E-state index contributed by atoms with van der Waals surface area (Å²) in [5, 5.41) is 10.3. The maximum Gasteiger partial charge on any atom is 0.319 e. The van der Waals surface area contributed by atoms with Crippen LogP contribution in [0.4, 0.5) is 10.5 Å². The molecule has 4 N–H and O–H groups in total. The molecule has 0 radical (unpaired) electrons. The van der Waals surface area contributed by atoms with Crippen LogP contribution in [0.3, 0.4) is 0 Å². The minimum absolute atomic E-state index is 0.0432. The lowest BCUT2D eigenvalue weighted by Crippen LogP contribution is -2.30. The largest absolute Gasteiger partial charge is 0.381 e. The Morgan fingerprint density at radius 3 is 2.50 bits per heavy atom. The Morgan fingerprint density at radius 1 is 1.08 bits per heavy atom. The predicted octanol–water partition coefficient (Wildman–Crippen LogP) is 3.22. The van der Waals surface area contributed by atoms with Crippen molar-refractivity contribution in [1.29, 1.82) is 0 Å². The van der Waals surface area contributed by atoms with Crippen molar-refractivity contribution in [3.05, 3.63) is 24.3 Å². The number of ether oxygens (including phenoxy) is 1. The van der Waals surface area contributed by atoms with Crippen molar-refractivity contribution in [2.75, 3.05) is 25.1 Å². The van der Waals surface area contributed by atoms with Crippen molar-refractivity contribution in [1.82, 2.24) is 5.32 Å². The first-order chi connectivity index (χ1) is 12.4. The summed E-state index contributed by atoms with van der Waals surface area (Å²) in [6.45, 7) is 4.06. The fraction of sp³-hybridized carbons (Fsp3) is 0.611. The summed E-state index contributed by atoms with van der Waals surface area (Å²) in [7, 11) is -3.79. The third kappa shape index (κ3) is 10.4. The van der Waals surface area contributed by atoms with E-state index < -0.39 is 16.1 Å². The third-order valence-electron chi connectivity index (χ3n) is 3.81. The van der Waals surface area contributed by atoms with Crippen LogP contribution in [-0.2, 0) is 14.8 Å². The van der Waals surface area contributed by atoms with Gasteiger partial charge in [-0.1, -0.05) is 45.1 Å². The first kappa shape index (κ1) is 22.4. The molecule has 0 atom stereocenters. The first-order valence-electron chi connectivity index (χ1n) is 9.19. The van der Waals surface area contributed by atoms with Crippen LogP contribution in [0.5, 0.6) is 0 Å². The van der Waals surface area contributed by atoms with Gasteiger partial charge in [0.25, 0.3) is 0 Å². The molecule has 1 aromatic carbocycles. The molecule has 8 heteroatoms. The highest BCUT2D eigenvalue weighted by Crippen LogP contribution is 2.13. The van der Waals surface area contributed by atoms with E-state index in [1.54, 1.807) is 6.07 Å². The molecule has 0 heterocycles. The number of carbonyl (C=O) groups excluding carboxylic acids is 1. The van der Waals surface area contributed by atoms with Crippen LogP contribution in [0.25, 0.3) is 0 Å². The second-order valence-electron chi connectivity index (χ2n) is 6.19. The van der Waals surface area contributed by atoms with Gasteiger partial charge < -0.3 is 15.4 Å². The van der Waals surface area contributed by atoms with Gasteiger partial charge >= 0.3 is 6.03 Å². The number of sulfonamides is 1. The fourth-order valence-corrected chi connectivity index (χ4v) is 2.95. The Hall–Kier alpha value is -1.64. The van der Waals surface area contributed by atoms with Crippen LogP contribution < -0.4 is 15.8 Å². The number of unbranched alkanes of at least 4 members (excludes halogenated alkanes) is 5. The summed E-state index contributed by atoms with van der Waals surface area (Å²) in [4.78, 5) is 11.7. The van der Waals surface area contributed by atoms with Crippen LogP contribution in [0.1, 0.15) is 51.9 Å². The Balaban J connectivity index is 2.09. The molecule has 0 aromatic heterocycles. The van der Waals surface area contributed by atoms with Crippen LogP contribution in [0.15, 0.2) is 29.2 Å². The minimum atomic E-state index is -3.79. The Bertz CT molecular complexity index is 635. The van der Waals surface area contributed by atoms with Crippen molar-refractivity contribution in [3.63, 3.8) is 0 Å². The molecule has 26 heavy (non-hydrogen) atoms. The molecule has 1 aromatic rings. The summed E-state index contributed by atoms with van der Waals surface area (Å²) in [5.74, 6) is 0. The van der Waals surface area contributed by atoms with Crippen molar-refractivity contribution >= 4 is 21.7 Å². The number of nitrogens with one attached hydrogen (secondary N) is 2. The number of nitrogens with two attached hydrogens (primary N) is 1. The number of urea groups is 1. The lowest BCUT2D eigenvalue weighted by Gasteiger charge is -2.09. The molecule has 0 aliphatic heterocycles. The quantitative estimate of drug-likeness (QED) is 0.453. The molecule has 0 aliphatic rings. The van der Waals surface area contributed by atoms with Gasteiger partial charge in [0.15, 0.2) is 0 Å². The maximum absolute atomic E-state index is 11.8. The SMILES string of the molecule is CCCCCCCCOCCCNC(=O)Nc1cccc(S(N)(=O)=O)c1. The van der Waals surface area contributed by atoms with E-state index in [0.29, 0.717) is 18.8 Å². The third-order valence-corrected chi connectivity index (χ3v) is 4.72. The van der Waals surface area contributed by atoms with Gasteiger partial charge in [0.2, 0.25) is 10.0 Å². The average molecular weight is 386 g/mol. The molecule has 0 saturated heterocycles. The van der Waals surface area contributed by atoms with Gasteiger partial charge in [-0.3, -0.25) is 0 Å². The van der Waals surface area contributed by atoms with E-state index in [0.717, 1.165) is 19.4 Å². The second kappa shape index (κ2) is 12.7. The molecule has 0 saturated carbocycles. The molecule has 148 valence electrons. The highest BCUT2D eigenvalue weighted by molar-refractivity contribution is 7.89. The lowest BCUT2D eigenvalue weighted by molar-refractivity contribution is 0.128. The van der Waals surface area contributed by atoms with E-state index in [-0.39, 0.29) is 4.90 Å². The van der Waals surface area contributed by atoms with Crippen LogP contribution in [0.2, 0.25) is 0 Å². The molecule has 0 spiro atoms. The number of primary sulfonamides is 1. The molecular weight excluding hydrogens is 354 g/mol. The van der Waals surface area contributed by atoms with Crippen molar-refractivity contribution in [2.24, 2.45) is 5.14 Å². The van der Waals surface area contributed by atoms with Crippen molar-refractivity contribution < 1.29 is 17.9 Å². The number of rotatable bonds is 13. The molecule has 0 bridgehead atoms. The summed E-state index contributed by atoms with van der Waals surface area (Å²) in [6.07, 6.45) is 8.15. The number of hydrogen-bond donors (Lipinski definition) is 3. The van der Waals surface area contributed by atoms with E-state index in [1.165, 1.54) is 50.3 Å². The molecule has 0 unspecified atom stereocenters. The predicted molar refractivity (Wildman–Crippen MR) is 104 cm³/mol. The molecular formula is C18H31N3O4S. The Labute approximate surface area is 156 Å². The zero-order valence-corrected chi connectivity index (χ0v) is 16.3. The Kier molecular flexibility index (Phi) is 10.9. The lowest BCUT2D eigenvalue weighted by atomic mass is 10.1. The molecule has 2 amide bonds. The smallest absolute Gasteiger partial charge is 0.319 e. The summed E-state index contributed by atoms with van der Waals surface area (Å²) < 4.78 is 28.1. The normalized spacial score (nSPS) is 11.3. The average Bonchev–Trinajstić information content (AvgIpc) is 2.59. The van der Waals surface area contributed by atoms with E-state index in [4.69, 9.17) is 9.88 Å². The number of anilines is 1. The van der Waals surface area contributed by atoms with Gasteiger partial charge in [-0.05, 0) is 31.0 Å². The summed E-state index contributed by atoms with van der Waals surface area (Å²) in [6, 6.07) is 5.41. The molecule has 1 rings (SSSR count). The topological polar surface area (TPSA) is 111 Å². The van der Waals surface area contributed by atoms with Gasteiger partial charge in [-0.25, -0.2) is 18.4 Å². The Morgan fingerprint density at radius 2 is 1.77 bits per heavy atom. The number of benzene rings is 1. The highest BCUT2D eigenvalue weighted by atomic mass is 32.2. The first-order valence-corrected chi connectivity index (χ1v) is 10.7. The fourth-order valence-electron chi connectivity index (χ4n) is 2.39. The number of hydrogen-bond acceptors (Lipinski definition) is 4. The number of amides is 2.